The summed E-state index contributed by atoms with van der Waals surface area (Å²) >= 11 is 0. The van der Waals surface area contributed by atoms with Crippen LogP contribution in [0, 0.1) is 0 Å². The smallest absolute Gasteiger partial charge is 0.221 e. The van der Waals surface area contributed by atoms with Gasteiger partial charge in [0.15, 0.2) is 0 Å². The molecule has 2 rings (SSSR count). The number of rotatable bonds is 28. The third kappa shape index (κ3) is 22.7. The van der Waals surface area contributed by atoms with E-state index < -0.39 is 0 Å². The lowest BCUT2D eigenvalue weighted by Crippen LogP contribution is -2.39. The van der Waals surface area contributed by atoms with Crippen LogP contribution in [0.2, 0.25) is 0 Å². The van der Waals surface area contributed by atoms with E-state index in [1.807, 2.05) is 48.1 Å². The highest BCUT2D eigenvalue weighted by molar-refractivity contribution is 8.77. The van der Waals surface area contributed by atoms with Crippen LogP contribution in [0.4, 0.5) is 0 Å². The van der Waals surface area contributed by atoms with Gasteiger partial charge in [0, 0.05) is 101 Å². The molecule has 2 aliphatic heterocycles. The highest BCUT2D eigenvalue weighted by Gasteiger charge is 2.17. The number of nitrogens with one attached hydrogen (secondary N) is 4. The average Bonchev–Trinajstić information content (AvgIpc) is 3.77. The first-order valence-electron chi connectivity index (χ1n) is 16.9. The fraction of sp³-hybridized carbons (Fsp3) is 0.871. The van der Waals surface area contributed by atoms with Gasteiger partial charge in [0.05, 0.1) is 19.8 Å². The van der Waals surface area contributed by atoms with Crippen molar-refractivity contribution in [2.45, 2.75) is 87.5 Å². The molecule has 46 heavy (non-hydrogen) atoms. The number of carbonyl (C=O) groups is 4. The summed E-state index contributed by atoms with van der Waals surface area (Å²) in [5.41, 5.74) is 0. The van der Waals surface area contributed by atoms with Crippen LogP contribution in [0.25, 0.3) is 0 Å². The topological polar surface area (TPSA) is 138 Å². The molecule has 2 saturated heterocycles. The number of unbranched alkanes of at least 4 members (excludes halogenated alkanes) is 2. The molecule has 0 aromatic carbocycles. The number of hydrogen-bond donors (Lipinski definition) is 4. The van der Waals surface area contributed by atoms with Crippen LogP contribution in [-0.4, -0.2) is 123 Å². The van der Waals surface area contributed by atoms with Gasteiger partial charge >= 0.3 is 0 Å². The Labute approximate surface area is 292 Å². The molecule has 15 heteroatoms. The molecule has 2 aliphatic rings. The monoisotopic (exact) mass is 723 g/mol. The van der Waals surface area contributed by atoms with E-state index in [0.29, 0.717) is 78.5 Å². The van der Waals surface area contributed by atoms with E-state index in [2.05, 4.69) is 21.3 Å². The molecule has 0 aromatic rings. The number of carbonyl (C=O) groups excluding carboxylic acids is 4. The molecule has 0 saturated carbocycles. The Morgan fingerprint density at radius 3 is 1.48 bits per heavy atom. The third-order valence-electron chi connectivity index (χ3n) is 7.65. The van der Waals surface area contributed by atoms with Crippen molar-refractivity contribution in [1.82, 2.24) is 26.2 Å². The number of nitrogens with zero attached hydrogens (tertiary/aromatic N) is 1. The lowest BCUT2D eigenvalue weighted by molar-refractivity contribution is -0.123. The van der Waals surface area contributed by atoms with E-state index in [0.717, 1.165) is 36.2 Å². The van der Waals surface area contributed by atoms with Crippen molar-refractivity contribution in [2.75, 3.05) is 84.2 Å². The van der Waals surface area contributed by atoms with Crippen molar-refractivity contribution in [1.29, 1.82) is 0 Å². The second kappa shape index (κ2) is 28.0. The van der Waals surface area contributed by atoms with Gasteiger partial charge in [0.25, 0.3) is 0 Å². The van der Waals surface area contributed by atoms with Gasteiger partial charge < -0.3 is 35.6 Å². The molecule has 2 atom stereocenters. The first-order valence-corrected chi connectivity index (χ1v) is 21.6. The predicted octanol–water partition coefficient (Wildman–Crippen LogP) is 3.62. The van der Waals surface area contributed by atoms with E-state index in [1.54, 1.807) is 7.11 Å². The van der Waals surface area contributed by atoms with Gasteiger partial charge in [-0.2, -0.15) is 0 Å². The van der Waals surface area contributed by atoms with Gasteiger partial charge in [-0.25, -0.2) is 0 Å². The summed E-state index contributed by atoms with van der Waals surface area (Å²) in [6, 6.07) is 0. The number of amides is 4. The summed E-state index contributed by atoms with van der Waals surface area (Å²) in [5.74, 6) is 2.36. The third-order valence-corrected chi connectivity index (χ3v) is 13.7. The van der Waals surface area contributed by atoms with Crippen molar-refractivity contribution >= 4 is 66.8 Å². The molecule has 266 valence electrons. The normalized spacial score (nSPS) is 17.7. The van der Waals surface area contributed by atoms with Gasteiger partial charge in [-0.15, -0.1) is 0 Å². The van der Waals surface area contributed by atoms with Crippen LogP contribution < -0.4 is 21.3 Å². The Balaban J connectivity index is 1.52. The fourth-order valence-corrected chi connectivity index (χ4v) is 11.0. The minimum Gasteiger partial charge on any atom is -0.382 e. The average molecular weight is 724 g/mol. The van der Waals surface area contributed by atoms with Crippen LogP contribution >= 0.6 is 43.2 Å². The van der Waals surface area contributed by atoms with Crippen LogP contribution in [-0.2, 0) is 28.7 Å². The number of methoxy groups -OCH3 is 1. The van der Waals surface area contributed by atoms with Crippen molar-refractivity contribution in [3.63, 3.8) is 0 Å². The van der Waals surface area contributed by atoms with E-state index in [9.17, 15) is 19.2 Å². The van der Waals surface area contributed by atoms with Gasteiger partial charge in [-0.3, -0.25) is 19.2 Å². The maximum atomic E-state index is 12.4. The summed E-state index contributed by atoms with van der Waals surface area (Å²) in [4.78, 5) is 51.1. The zero-order valence-corrected chi connectivity index (χ0v) is 30.9. The molecule has 0 spiro atoms. The lowest BCUT2D eigenvalue weighted by atomic mass is 10.1. The molecule has 4 N–H and O–H groups in total. The molecule has 0 aliphatic carbocycles. The number of hydrogen-bond acceptors (Lipinski definition) is 11. The molecular weight excluding hydrogens is 667 g/mol. The molecule has 4 amide bonds. The lowest BCUT2D eigenvalue weighted by Gasteiger charge is -2.22. The molecule has 0 radical (unpaired) electrons. The Kier molecular flexibility index (Phi) is 25.2. The minimum absolute atomic E-state index is 0.0338. The van der Waals surface area contributed by atoms with Crippen molar-refractivity contribution < 1.29 is 28.7 Å². The first-order chi connectivity index (χ1) is 22.5. The largest absolute Gasteiger partial charge is 0.382 e. The Bertz CT molecular complexity index is 790. The molecule has 2 unspecified atom stereocenters. The Hall–Kier alpha value is -0.840. The molecule has 2 heterocycles. The van der Waals surface area contributed by atoms with E-state index in [1.165, 1.54) is 37.2 Å². The summed E-state index contributed by atoms with van der Waals surface area (Å²) < 4.78 is 10.6. The van der Waals surface area contributed by atoms with Crippen LogP contribution in [0.3, 0.4) is 0 Å². The van der Waals surface area contributed by atoms with Crippen LogP contribution in [0.1, 0.15) is 77.0 Å². The van der Waals surface area contributed by atoms with Gasteiger partial charge in [-0.1, -0.05) is 56.0 Å². The number of ether oxygens (including phenoxy) is 2. The standard InChI is InChI=1S/C31H57N5O6S4/c1-41-22-23-42-21-20-36(18-10-30(39)34-16-14-32-28(37)8-4-2-6-26-12-24-43-45-26)19-11-31(40)35-17-15-33-29(38)9-5-3-7-27-13-25-44-46-27/h26-27H,2-25H2,1H3,(H,32,37)(H,33,38)(H,34,39)(H,35,40). The summed E-state index contributed by atoms with van der Waals surface area (Å²) in [6.45, 7) is 4.64. The zero-order valence-electron chi connectivity index (χ0n) is 27.7. The van der Waals surface area contributed by atoms with Crippen molar-refractivity contribution in [3.05, 3.63) is 0 Å². The zero-order chi connectivity index (χ0) is 33.1. The van der Waals surface area contributed by atoms with Gasteiger partial charge in [0.1, 0.15) is 0 Å². The molecular formula is C31H57N5O6S4. The van der Waals surface area contributed by atoms with Gasteiger partial charge in [0.2, 0.25) is 23.6 Å². The van der Waals surface area contributed by atoms with Crippen LogP contribution in [0.15, 0.2) is 0 Å². The van der Waals surface area contributed by atoms with Crippen molar-refractivity contribution in [3.8, 4) is 0 Å². The van der Waals surface area contributed by atoms with Gasteiger partial charge in [-0.05, 0) is 38.5 Å². The highest BCUT2D eigenvalue weighted by Crippen LogP contribution is 2.40. The maximum Gasteiger partial charge on any atom is 0.221 e. The summed E-state index contributed by atoms with van der Waals surface area (Å²) in [6.07, 6.45) is 10.5. The fourth-order valence-electron chi connectivity index (χ4n) is 4.90. The Morgan fingerprint density at radius 2 is 1.07 bits per heavy atom. The first kappa shape index (κ1) is 41.3. The second-order valence-corrected chi connectivity index (χ2v) is 17.1. The predicted molar refractivity (Wildman–Crippen MR) is 194 cm³/mol. The second-order valence-electron chi connectivity index (χ2n) is 11.5. The quantitative estimate of drug-likeness (QED) is 0.0696. The molecule has 2 fully saturated rings. The molecule has 0 bridgehead atoms. The molecule has 0 aromatic heterocycles. The minimum atomic E-state index is -0.0943. The molecule has 11 nitrogen and oxygen atoms in total. The summed E-state index contributed by atoms with van der Waals surface area (Å²) in [5, 5.41) is 13.0. The summed E-state index contributed by atoms with van der Waals surface area (Å²) in [7, 11) is 9.47. The highest BCUT2D eigenvalue weighted by atomic mass is 33.1. The maximum absolute atomic E-state index is 12.4. The van der Waals surface area contributed by atoms with Crippen LogP contribution in [0.5, 0.6) is 0 Å². The SMILES string of the molecule is COCCOCCN(CCC(=O)NCCNC(=O)CCCCC1CCSS1)CCC(=O)NCCNC(=O)CCCCC1CCSS1. The van der Waals surface area contributed by atoms with E-state index in [4.69, 9.17) is 9.47 Å². The van der Waals surface area contributed by atoms with E-state index >= 15 is 0 Å². The van der Waals surface area contributed by atoms with Crippen molar-refractivity contribution in [2.24, 2.45) is 0 Å². The van der Waals surface area contributed by atoms with E-state index in [-0.39, 0.29) is 36.5 Å². The Morgan fingerprint density at radius 1 is 0.609 bits per heavy atom.